The van der Waals surface area contributed by atoms with Crippen molar-refractivity contribution >= 4 is 0 Å². The van der Waals surface area contributed by atoms with Crippen LogP contribution in [0.3, 0.4) is 0 Å². The Hall–Kier alpha value is -0.900. The molecule has 0 spiro atoms. The summed E-state index contributed by atoms with van der Waals surface area (Å²) in [6, 6.07) is 0. The minimum absolute atomic E-state index is 0.532. The van der Waals surface area contributed by atoms with E-state index in [0.29, 0.717) is 5.92 Å². The fraction of sp³-hybridized carbons (Fsp3) is 0.750. The highest BCUT2D eigenvalue weighted by molar-refractivity contribution is 5.01. The summed E-state index contributed by atoms with van der Waals surface area (Å²) in [5, 5.41) is 7.67. The van der Waals surface area contributed by atoms with E-state index in [1.807, 2.05) is 18.7 Å². The van der Waals surface area contributed by atoms with Crippen molar-refractivity contribution in [3.8, 4) is 0 Å². The van der Waals surface area contributed by atoms with E-state index in [1.54, 1.807) is 0 Å². The Labute approximate surface area is 72.0 Å². The van der Waals surface area contributed by atoms with Crippen LogP contribution in [0.4, 0.5) is 0 Å². The van der Waals surface area contributed by atoms with Gasteiger partial charge in [-0.25, -0.2) is 4.98 Å². The molecule has 1 saturated heterocycles. The summed E-state index contributed by atoms with van der Waals surface area (Å²) in [6.07, 6.45) is 1.17. The van der Waals surface area contributed by atoms with Crippen LogP contribution in [0.25, 0.3) is 0 Å². The lowest BCUT2D eigenvalue weighted by Gasteiger charge is -1.99. The third kappa shape index (κ3) is 1.22. The second kappa shape index (κ2) is 2.86. The molecule has 1 aliphatic rings. The normalized spacial score (nSPS) is 23.3. The van der Waals surface area contributed by atoms with Crippen LogP contribution in [0.1, 0.15) is 24.0 Å². The summed E-state index contributed by atoms with van der Waals surface area (Å²) in [6.45, 7) is 4.12. The van der Waals surface area contributed by atoms with Crippen molar-refractivity contribution in [3.05, 3.63) is 11.6 Å². The molecule has 0 bridgehead atoms. The number of rotatable bonds is 1. The van der Waals surface area contributed by atoms with Crippen molar-refractivity contribution < 1.29 is 0 Å². The highest BCUT2D eigenvalue weighted by atomic mass is 15.3. The van der Waals surface area contributed by atoms with Gasteiger partial charge in [-0.1, -0.05) is 0 Å². The zero-order valence-corrected chi connectivity index (χ0v) is 7.54. The third-order valence-corrected chi connectivity index (χ3v) is 2.42. The van der Waals surface area contributed by atoms with Crippen molar-refractivity contribution in [2.24, 2.45) is 7.05 Å². The summed E-state index contributed by atoms with van der Waals surface area (Å²) < 4.78 is 1.84. The van der Waals surface area contributed by atoms with Crippen molar-refractivity contribution in [1.29, 1.82) is 0 Å². The molecule has 66 valence electrons. The molecule has 4 nitrogen and oxygen atoms in total. The van der Waals surface area contributed by atoms with Crippen LogP contribution in [-0.4, -0.2) is 27.9 Å². The van der Waals surface area contributed by atoms with Gasteiger partial charge in [0.1, 0.15) is 5.82 Å². The van der Waals surface area contributed by atoms with E-state index in [4.69, 9.17) is 0 Å². The first-order valence-electron chi connectivity index (χ1n) is 4.35. The second-order valence-electron chi connectivity index (χ2n) is 3.33. The Morgan fingerprint density at radius 1 is 1.58 bits per heavy atom. The molecule has 1 aliphatic heterocycles. The van der Waals surface area contributed by atoms with Crippen LogP contribution in [0.5, 0.6) is 0 Å². The molecule has 12 heavy (non-hydrogen) atoms. The van der Waals surface area contributed by atoms with Crippen LogP contribution in [-0.2, 0) is 7.05 Å². The minimum atomic E-state index is 0.532. The molecule has 4 heteroatoms. The van der Waals surface area contributed by atoms with Crippen LogP contribution < -0.4 is 5.32 Å². The maximum atomic E-state index is 4.40. The van der Waals surface area contributed by atoms with Gasteiger partial charge in [0.25, 0.3) is 0 Å². The molecule has 1 atom stereocenters. The van der Waals surface area contributed by atoms with Crippen molar-refractivity contribution in [1.82, 2.24) is 20.1 Å². The average molecular weight is 166 g/mol. The van der Waals surface area contributed by atoms with Crippen LogP contribution >= 0.6 is 0 Å². The Bertz CT molecular complexity index is 253. The van der Waals surface area contributed by atoms with Gasteiger partial charge in [0, 0.05) is 19.5 Å². The lowest BCUT2D eigenvalue weighted by atomic mass is 10.1. The zero-order chi connectivity index (χ0) is 8.55. The van der Waals surface area contributed by atoms with E-state index >= 15 is 0 Å². The van der Waals surface area contributed by atoms with E-state index in [-0.39, 0.29) is 0 Å². The molecule has 1 N–H and O–H groups in total. The second-order valence-corrected chi connectivity index (χ2v) is 3.33. The van der Waals surface area contributed by atoms with Gasteiger partial charge in [0.05, 0.1) is 0 Å². The lowest BCUT2D eigenvalue weighted by Crippen LogP contribution is -2.09. The Morgan fingerprint density at radius 2 is 2.42 bits per heavy atom. The number of nitrogens with one attached hydrogen (secondary N) is 1. The summed E-state index contributed by atoms with van der Waals surface area (Å²) in [5.41, 5.74) is 0. The van der Waals surface area contributed by atoms with Gasteiger partial charge in [-0.15, -0.1) is 0 Å². The molecule has 2 rings (SSSR count). The first-order valence-corrected chi connectivity index (χ1v) is 4.35. The molecule has 0 radical (unpaired) electrons. The fourth-order valence-electron chi connectivity index (χ4n) is 1.53. The Kier molecular flexibility index (Phi) is 1.84. The van der Waals surface area contributed by atoms with Crippen LogP contribution in [0, 0.1) is 6.92 Å². The van der Waals surface area contributed by atoms with Gasteiger partial charge in [0.15, 0.2) is 5.82 Å². The maximum Gasteiger partial charge on any atom is 0.155 e. The quantitative estimate of drug-likeness (QED) is 0.648. The van der Waals surface area contributed by atoms with Crippen molar-refractivity contribution in [2.45, 2.75) is 19.3 Å². The molecule has 1 aromatic heterocycles. The van der Waals surface area contributed by atoms with Crippen molar-refractivity contribution in [2.75, 3.05) is 13.1 Å². The number of aromatic nitrogens is 3. The largest absolute Gasteiger partial charge is 0.316 e. The number of hydrogen-bond donors (Lipinski definition) is 1. The monoisotopic (exact) mass is 166 g/mol. The van der Waals surface area contributed by atoms with Crippen LogP contribution in [0.2, 0.25) is 0 Å². The average Bonchev–Trinajstić information content (AvgIpc) is 2.61. The van der Waals surface area contributed by atoms with Crippen molar-refractivity contribution in [3.63, 3.8) is 0 Å². The Morgan fingerprint density at radius 3 is 2.92 bits per heavy atom. The van der Waals surface area contributed by atoms with E-state index < -0.39 is 0 Å². The predicted molar refractivity (Wildman–Crippen MR) is 46.0 cm³/mol. The molecular weight excluding hydrogens is 152 g/mol. The first kappa shape index (κ1) is 7.73. The zero-order valence-electron chi connectivity index (χ0n) is 7.54. The highest BCUT2D eigenvalue weighted by Crippen LogP contribution is 2.18. The standard InChI is InChI=1S/C8H14N4/c1-6-10-8(11-12(6)2)7-3-4-9-5-7/h7,9H,3-5H2,1-2H3. The van der Waals surface area contributed by atoms with E-state index in [9.17, 15) is 0 Å². The van der Waals surface area contributed by atoms with Gasteiger partial charge >= 0.3 is 0 Å². The molecule has 0 saturated carbocycles. The molecule has 1 unspecified atom stereocenters. The summed E-state index contributed by atoms with van der Waals surface area (Å²) in [5.74, 6) is 2.53. The third-order valence-electron chi connectivity index (χ3n) is 2.42. The van der Waals surface area contributed by atoms with Gasteiger partial charge in [0.2, 0.25) is 0 Å². The van der Waals surface area contributed by atoms with Gasteiger partial charge in [-0.2, -0.15) is 5.10 Å². The maximum absolute atomic E-state index is 4.40. The SMILES string of the molecule is Cc1nc(C2CCNC2)nn1C. The van der Waals surface area contributed by atoms with Gasteiger partial charge in [-0.05, 0) is 19.9 Å². The Balaban J connectivity index is 2.21. The molecule has 0 aliphatic carbocycles. The summed E-state index contributed by atoms with van der Waals surface area (Å²) >= 11 is 0. The molecule has 1 fully saturated rings. The molecule has 0 aromatic carbocycles. The van der Waals surface area contributed by atoms with E-state index in [0.717, 1.165) is 24.7 Å². The number of hydrogen-bond acceptors (Lipinski definition) is 3. The molecule has 0 amide bonds. The fourth-order valence-corrected chi connectivity index (χ4v) is 1.53. The predicted octanol–water partition coefficient (Wildman–Crippen LogP) is 0.200. The minimum Gasteiger partial charge on any atom is -0.316 e. The lowest BCUT2D eigenvalue weighted by molar-refractivity contribution is 0.668. The van der Waals surface area contributed by atoms with Gasteiger partial charge in [-0.3, -0.25) is 4.68 Å². The van der Waals surface area contributed by atoms with Gasteiger partial charge < -0.3 is 5.32 Å². The molecule has 1 aromatic rings. The number of nitrogens with zero attached hydrogens (tertiary/aromatic N) is 3. The van der Waals surface area contributed by atoms with E-state index in [1.165, 1.54) is 6.42 Å². The smallest absolute Gasteiger partial charge is 0.155 e. The summed E-state index contributed by atoms with van der Waals surface area (Å²) in [4.78, 5) is 4.40. The summed E-state index contributed by atoms with van der Waals surface area (Å²) in [7, 11) is 1.94. The number of aryl methyl sites for hydroxylation is 2. The topological polar surface area (TPSA) is 42.7 Å². The highest BCUT2D eigenvalue weighted by Gasteiger charge is 2.20. The molecule has 2 heterocycles. The van der Waals surface area contributed by atoms with E-state index in [2.05, 4.69) is 15.4 Å². The molecular formula is C8H14N4. The van der Waals surface area contributed by atoms with Crippen LogP contribution in [0.15, 0.2) is 0 Å². The first-order chi connectivity index (χ1) is 5.77.